The van der Waals surface area contributed by atoms with Gasteiger partial charge in [0.25, 0.3) is 0 Å². The van der Waals surface area contributed by atoms with E-state index in [-0.39, 0.29) is 22.7 Å². The fourth-order valence-electron chi connectivity index (χ4n) is 10.5. The van der Waals surface area contributed by atoms with Crippen molar-refractivity contribution in [1.29, 1.82) is 0 Å². The maximum Gasteiger partial charge on any atom is 0.314 e. The molecule has 256 valence electrons. The van der Waals surface area contributed by atoms with Crippen LogP contribution in [0.25, 0.3) is 0 Å². The Morgan fingerprint density at radius 1 is 0.800 bits per heavy atom. The molecule has 1 unspecified atom stereocenters. The molecular weight excluding hydrogens is 592 g/mol. The topological polar surface area (TPSA) is 216 Å². The summed E-state index contributed by atoms with van der Waals surface area (Å²) >= 11 is 0. The zero-order valence-electron chi connectivity index (χ0n) is 26.0. The smallest absolute Gasteiger partial charge is 0.314 e. The van der Waals surface area contributed by atoms with Crippen LogP contribution in [0.15, 0.2) is 12.2 Å². The molecule has 8 N–H and O–H groups in total. The van der Waals surface area contributed by atoms with Crippen LogP contribution in [0.3, 0.4) is 0 Å². The minimum absolute atomic E-state index is 0.0421. The van der Waals surface area contributed by atoms with Gasteiger partial charge in [-0.1, -0.05) is 19.9 Å². The number of hydrogen-bond acceptors (Lipinski definition) is 13. The molecule has 0 aromatic heterocycles. The molecule has 2 saturated heterocycles. The van der Waals surface area contributed by atoms with Gasteiger partial charge in [-0.25, -0.2) is 0 Å². The first-order chi connectivity index (χ1) is 21.2. The molecule has 2 aliphatic heterocycles. The highest BCUT2D eigenvalue weighted by molar-refractivity contribution is 5.77. The first kappa shape index (κ1) is 33.7. The van der Waals surface area contributed by atoms with Crippen molar-refractivity contribution in [3.8, 4) is 0 Å². The van der Waals surface area contributed by atoms with E-state index in [0.717, 1.165) is 37.7 Å². The van der Waals surface area contributed by atoms with Gasteiger partial charge in [0.05, 0.1) is 24.2 Å². The van der Waals surface area contributed by atoms with Gasteiger partial charge >= 0.3 is 5.97 Å². The highest BCUT2D eigenvalue weighted by Crippen LogP contribution is 2.73. The SMILES string of the molecule is C=C1C[C@@]23CCC4[C@](C)(C(=O)O[C@@H]5O[C@H](CO)[C@@H](O)[C@H](O)[C@H]5O)CCC[C@]4(C)[C@@H]2CC[C@]1(O[C@@H]1O[C@H](CO)[C@@H](O)[C@H](O)[C@H]1O)C3. The monoisotopic (exact) mass is 642 g/mol. The van der Waals surface area contributed by atoms with E-state index in [1.165, 1.54) is 0 Å². The van der Waals surface area contributed by atoms with E-state index >= 15 is 0 Å². The number of rotatable bonds is 6. The van der Waals surface area contributed by atoms with E-state index in [1.807, 2.05) is 6.92 Å². The third-order valence-corrected chi connectivity index (χ3v) is 12.9. The van der Waals surface area contributed by atoms with Gasteiger partial charge in [0, 0.05) is 0 Å². The highest BCUT2D eigenvalue weighted by atomic mass is 16.7. The molecular formula is C32H50O13. The molecule has 4 saturated carbocycles. The van der Waals surface area contributed by atoms with Gasteiger partial charge in [0.15, 0.2) is 6.29 Å². The van der Waals surface area contributed by atoms with E-state index in [4.69, 9.17) is 18.9 Å². The number of aliphatic hydroxyl groups excluding tert-OH is 8. The van der Waals surface area contributed by atoms with Crippen molar-refractivity contribution < 1.29 is 64.6 Å². The van der Waals surface area contributed by atoms with Gasteiger partial charge in [-0.3, -0.25) is 4.79 Å². The van der Waals surface area contributed by atoms with E-state index in [9.17, 15) is 45.6 Å². The van der Waals surface area contributed by atoms with Crippen LogP contribution >= 0.6 is 0 Å². The first-order valence-electron chi connectivity index (χ1n) is 16.3. The summed E-state index contributed by atoms with van der Waals surface area (Å²) < 4.78 is 23.4. The van der Waals surface area contributed by atoms with Gasteiger partial charge in [0.1, 0.15) is 48.8 Å². The Morgan fingerprint density at radius 3 is 2.00 bits per heavy atom. The predicted molar refractivity (Wildman–Crippen MR) is 154 cm³/mol. The summed E-state index contributed by atoms with van der Waals surface area (Å²) in [5.74, 6) is -0.348. The van der Waals surface area contributed by atoms with Crippen molar-refractivity contribution in [2.45, 2.75) is 139 Å². The summed E-state index contributed by atoms with van der Waals surface area (Å²) in [6.07, 6.45) is -7.82. The Bertz CT molecular complexity index is 1150. The lowest BCUT2D eigenvalue weighted by Crippen LogP contribution is -2.63. The standard InChI is InChI=1S/C32H50O13/c1-15-11-31-9-5-18-29(2,7-4-8-30(18,3)28(41)44-26-24(39)22(37)20(35)16(12-33)42-26)19(31)6-10-32(15,14-31)45-27-25(40)23(38)21(36)17(13-34)43-27/h16-27,33-40H,1,4-14H2,2-3H3/t16-,17-,18?,19+,20-,21-,22+,23+,24-,25-,26+,27+,29+,30-,31-,32+/m1/s1. The van der Waals surface area contributed by atoms with E-state index in [2.05, 4.69) is 13.5 Å². The normalized spacial score (nSPS) is 54.7. The fraction of sp³-hybridized carbons (Fsp3) is 0.906. The number of carbonyl (C=O) groups is 1. The zero-order chi connectivity index (χ0) is 32.7. The molecule has 1 spiro atoms. The molecule has 0 aromatic rings. The lowest BCUT2D eigenvalue weighted by Gasteiger charge is -2.64. The van der Waals surface area contributed by atoms with Crippen LogP contribution in [0.4, 0.5) is 0 Å². The Labute approximate surface area is 262 Å². The van der Waals surface area contributed by atoms with Crippen molar-refractivity contribution in [3.63, 3.8) is 0 Å². The molecule has 16 atom stereocenters. The second kappa shape index (κ2) is 11.7. The molecule has 13 nitrogen and oxygen atoms in total. The predicted octanol–water partition coefficient (Wildman–Crippen LogP) is -0.762. The Kier molecular flexibility index (Phi) is 8.77. The average molecular weight is 643 g/mol. The molecule has 6 aliphatic rings. The van der Waals surface area contributed by atoms with E-state index < -0.39 is 91.6 Å². The lowest BCUT2D eigenvalue weighted by atomic mass is 9.41. The number of hydrogen-bond donors (Lipinski definition) is 8. The van der Waals surface area contributed by atoms with Crippen molar-refractivity contribution in [1.82, 2.24) is 0 Å². The molecule has 0 aromatic carbocycles. The second-order valence-electron chi connectivity index (χ2n) is 15.2. The van der Waals surface area contributed by atoms with Gasteiger partial charge < -0.3 is 59.8 Å². The second-order valence-corrected chi connectivity index (χ2v) is 15.2. The van der Waals surface area contributed by atoms with Crippen LogP contribution in [-0.4, -0.2) is 127 Å². The number of carbonyl (C=O) groups excluding carboxylic acids is 1. The van der Waals surface area contributed by atoms with Crippen LogP contribution < -0.4 is 0 Å². The largest absolute Gasteiger partial charge is 0.432 e. The minimum atomic E-state index is -1.67. The maximum atomic E-state index is 13.9. The van der Waals surface area contributed by atoms with Gasteiger partial charge in [-0.15, -0.1) is 0 Å². The lowest BCUT2D eigenvalue weighted by molar-refractivity contribution is -0.327. The Hall–Kier alpha value is -1.23. The number of aliphatic hydroxyl groups is 8. The summed E-state index contributed by atoms with van der Waals surface area (Å²) in [5.41, 5.74) is -1.20. The van der Waals surface area contributed by atoms with Crippen LogP contribution in [0.1, 0.15) is 71.6 Å². The van der Waals surface area contributed by atoms with Crippen molar-refractivity contribution in [2.75, 3.05) is 13.2 Å². The number of esters is 1. The molecule has 0 amide bonds. The third-order valence-electron chi connectivity index (χ3n) is 12.9. The Balaban J connectivity index is 1.20. The van der Waals surface area contributed by atoms with Crippen LogP contribution in [0, 0.1) is 28.1 Å². The van der Waals surface area contributed by atoms with Gasteiger partial charge in [0.2, 0.25) is 6.29 Å². The van der Waals surface area contributed by atoms with E-state index in [1.54, 1.807) is 0 Å². The fourth-order valence-corrected chi connectivity index (χ4v) is 10.5. The number of fused-ring (bicyclic) bond motifs is 3. The highest BCUT2D eigenvalue weighted by Gasteiger charge is 2.69. The molecule has 6 fully saturated rings. The van der Waals surface area contributed by atoms with Crippen molar-refractivity contribution >= 4 is 5.97 Å². The number of ether oxygens (including phenoxy) is 4. The van der Waals surface area contributed by atoms with Crippen LogP contribution in [0.5, 0.6) is 0 Å². The molecule has 2 bridgehead atoms. The molecule has 4 aliphatic carbocycles. The summed E-state index contributed by atoms with van der Waals surface area (Å²) in [4.78, 5) is 13.9. The first-order valence-corrected chi connectivity index (χ1v) is 16.3. The zero-order valence-corrected chi connectivity index (χ0v) is 26.0. The summed E-state index contributed by atoms with van der Waals surface area (Å²) in [6, 6.07) is 0. The summed E-state index contributed by atoms with van der Waals surface area (Å²) in [6.45, 7) is 7.41. The van der Waals surface area contributed by atoms with Gasteiger partial charge in [-0.05, 0) is 86.5 Å². The molecule has 2 heterocycles. The Morgan fingerprint density at radius 2 is 1.38 bits per heavy atom. The summed E-state index contributed by atoms with van der Waals surface area (Å²) in [7, 11) is 0. The molecule has 0 radical (unpaired) electrons. The minimum Gasteiger partial charge on any atom is -0.432 e. The third kappa shape index (κ3) is 5.04. The van der Waals surface area contributed by atoms with Crippen LogP contribution in [-0.2, 0) is 23.7 Å². The molecule has 45 heavy (non-hydrogen) atoms. The quantitative estimate of drug-likeness (QED) is 0.102. The van der Waals surface area contributed by atoms with Crippen molar-refractivity contribution in [3.05, 3.63) is 12.2 Å². The molecule has 6 rings (SSSR count). The van der Waals surface area contributed by atoms with E-state index in [0.29, 0.717) is 25.7 Å². The van der Waals surface area contributed by atoms with Crippen LogP contribution in [0.2, 0.25) is 0 Å². The summed E-state index contributed by atoms with van der Waals surface area (Å²) in [5, 5.41) is 81.4. The average Bonchev–Trinajstić information content (AvgIpc) is 3.20. The van der Waals surface area contributed by atoms with Crippen molar-refractivity contribution in [2.24, 2.45) is 28.1 Å². The maximum absolute atomic E-state index is 13.9. The molecule has 13 heteroatoms. The van der Waals surface area contributed by atoms with Gasteiger partial charge in [-0.2, -0.15) is 0 Å².